The molecule has 7 nitrogen and oxygen atoms in total. The Bertz CT molecular complexity index is 854. The Balaban J connectivity index is 2.73. The van der Waals surface area contributed by atoms with Crippen LogP contribution >= 0.6 is 0 Å². The van der Waals surface area contributed by atoms with E-state index >= 15 is 0 Å². The number of aromatic carboxylic acids is 1. The molecule has 2 N–H and O–H groups in total. The Labute approximate surface area is 153 Å². The second kappa shape index (κ2) is 7.18. The fourth-order valence-electron chi connectivity index (χ4n) is 2.59. The average molecular weight is 387 g/mol. The molecule has 2 rings (SSSR count). The van der Waals surface area contributed by atoms with Crippen LogP contribution in [0.25, 0.3) is 0 Å². The number of halogens is 3. The zero-order chi connectivity index (χ0) is 20.6. The van der Waals surface area contributed by atoms with Crippen molar-refractivity contribution in [2.75, 3.05) is 0 Å². The van der Waals surface area contributed by atoms with E-state index in [2.05, 4.69) is 10.1 Å². The Kier molecular flexibility index (Phi) is 5.50. The summed E-state index contributed by atoms with van der Waals surface area (Å²) < 4.78 is 47.3. The third kappa shape index (κ3) is 4.05. The molecule has 0 aliphatic carbocycles. The standard InChI is InChI=1S/C17H20F3N3O4/c1-5-10-13(15(25)26)22-23(16(2,3)4)14(10)27-11-7-21-6-9(8-24)12(11)17(18,19)20/h6-7,24H,5,8H2,1-4H3,(H,25,26). The molecule has 27 heavy (non-hydrogen) atoms. The van der Waals surface area contributed by atoms with E-state index in [-0.39, 0.29) is 23.6 Å². The Morgan fingerprint density at radius 1 is 1.26 bits per heavy atom. The molecule has 2 aromatic rings. The fourth-order valence-corrected chi connectivity index (χ4v) is 2.59. The molecule has 0 unspecified atom stereocenters. The van der Waals surface area contributed by atoms with Gasteiger partial charge in [-0.3, -0.25) is 4.98 Å². The van der Waals surface area contributed by atoms with Crippen molar-refractivity contribution in [3.05, 3.63) is 34.8 Å². The second-order valence-electron chi connectivity index (χ2n) is 6.80. The maximum atomic E-state index is 13.5. The summed E-state index contributed by atoms with van der Waals surface area (Å²) in [5.41, 5.74) is -2.49. The quantitative estimate of drug-likeness (QED) is 0.814. The van der Waals surface area contributed by atoms with Gasteiger partial charge >= 0.3 is 12.1 Å². The van der Waals surface area contributed by atoms with Crippen molar-refractivity contribution in [2.24, 2.45) is 0 Å². The van der Waals surface area contributed by atoms with E-state index in [1.165, 1.54) is 4.68 Å². The average Bonchev–Trinajstić information content (AvgIpc) is 2.92. The molecule has 10 heteroatoms. The summed E-state index contributed by atoms with van der Waals surface area (Å²) in [6.45, 7) is 5.91. The molecule has 0 bridgehead atoms. The predicted molar refractivity (Wildman–Crippen MR) is 88.8 cm³/mol. The van der Waals surface area contributed by atoms with Gasteiger partial charge in [0.2, 0.25) is 5.88 Å². The number of aliphatic hydroxyl groups excluding tert-OH is 1. The van der Waals surface area contributed by atoms with Crippen molar-refractivity contribution in [1.82, 2.24) is 14.8 Å². The Hall–Kier alpha value is -2.62. The van der Waals surface area contributed by atoms with Crippen LogP contribution in [0.4, 0.5) is 13.2 Å². The number of ether oxygens (including phenoxy) is 1. The van der Waals surface area contributed by atoms with Crippen LogP contribution in [0.5, 0.6) is 11.6 Å². The predicted octanol–water partition coefficient (Wildman–Crippen LogP) is 3.60. The molecule has 0 aliphatic rings. The monoisotopic (exact) mass is 387 g/mol. The lowest BCUT2D eigenvalue weighted by Gasteiger charge is -2.23. The smallest absolute Gasteiger partial charge is 0.420 e. The number of carboxylic acids is 1. The number of aliphatic hydroxyl groups is 1. The van der Waals surface area contributed by atoms with Gasteiger partial charge in [-0.25, -0.2) is 9.48 Å². The van der Waals surface area contributed by atoms with E-state index in [0.717, 1.165) is 12.4 Å². The number of hydrogen-bond acceptors (Lipinski definition) is 5. The van der Waals surface area contributed by atoms with E-state index in [0.29, 0.717) is 0 Å². The number of alkyl halides is 3. The maximum Gasteiger partial charge on any atom is 0.420 e. The van der Waals surface area contributed by atoms with Crippen LogP contribution in [-0.2, 0) is 24.7 Å². The molecule has 2 aromatic heterocycles. The first-order valence-electron chi connectivity index (χ1n) is 8.10. The summed E-state index contributed by atoms with van der Waals surface area (Å²) in [7, 11) is 0. The maximum absolute atomic E-state index is 13.5. The molecule has 0 aliphatic heterocycles. The molecular weight excluding hydrogens is 367 g/mol. The number of rotatable bonds is 5. The molecule has 148 valence electrons. The van der Waals surface area contributed by atoms with Crippen molar-refractivity contribution in [3.63, 3.8) is 0 Å². The molecule has 0 fully saturated rings. The molecule has 2 heterocycles. The number of hydrogen-bond donors (Lipinski definition) is 2. The highest BCUT2D eigenvalue weighted by Crippen LogP contribution is 2.41. The van der Waals surface area contributed by atoms with Crippen LogP contribution in [0, 0.1) is 0 Å². The van der Waals surface area contributed by atoms with Crippen LogP contribution < -0.4 is 4.74 Å². The van der Waals surface area contributed by atoms with Gasteiger partial charge in [0.15, 0.2) is 11.4 Å². The number of pyridine rings is 1. The van der Waals surface area contributed by atoms with Crippen molar-refractivity contribution < 1.29 is 32.9 Å². The molecule has 0 spiro atoms. The van der Waals surface area contributed by atoms with Crippen molar-refractivity contribution in [3.8, 4) is 11.6 Å². The number of nitrogens with zero attached hydrogens (tertiary/aromatic N) is 3. The minimum atomic E-state index is -4.80. The van der Waals surface area contributed by atoms with E-state index in [1.54, 1.807) is 27.7 Å². The minimum absolute atomic E-state index is 0.107. The van der Waals surface area contributed by atoms with Crippen LogP contribution in [0.2, 0.25) is 0 Å². The summed E-state index contributed by atoms with van der Waals surface area (Å²) in [5.74, 6) is -2.05. The van der Waals surface area contributed by atoms with Crippen molar-refractivity contribution >= 4 is 5.97 Å². The second-order valence-corrected chi connectivity index (χ2v) is 6.80. The number of carboxylic acid groups (broad SMARTS) is 1. The topological polar surface area (TPSA) is 97.5 Å². The van der Waals surface area contributed by atoms with Gasteiger partial charge in [-0.15, -0.1) is 0 Å². The van der Waals surface area contributed by atoms with Crippen molar-refractivity contribution in [1.29, 1.82) is 0 Å². The van der Waals surface area contributed by atoms with Crippen LogP contribution in [-0.4, -0.2) is 30.9 Å². The lowest BCUT2D eigenvalue weighted by atomic mass is 10.1. The van der Waals surface area contributed by atoms with Crippen LogP contribution in [0.3, 0.4) is 0 Å². The Morgan fingerprint density at radius 3 is 2.33 bits per heavy atom. The van der Waals surface area contributed by atoms with Crippen LogP contribution in [0.15, 0.2) is 12.4 Å². The Morgan fingerprint density at radius 2 is 1.89 bits per heavy atom. The van der Waals surface area contributed by atoms with Gasteiger partial charge in [0.1, 0.15) is 5.56 Å². The highest BCUT2D eigenvalue weighted by atomic mass is 19.4. The molecule has 0 saturated carbocycles. The highest BCUT2D eigenvalue weighted by molar-refractivity contribution is 5.88. The lowest BCUT2D eigenvalue weighted by molar-refractivity contribution is -0.139. The molecule has 0 amide bonds. The van der Waals surface area contributed by atoms with E-state index in [4.69, 9.17) is 4.74 Å². The van der Waals surface area contributed by atoms with Crippen molar-refractivity contribution in [2.45, 2.75) is 52.4 Å². The summed E-state index contributed by atoms with van der Waals surface area (Å²) in [5, 5.41) is 22.6. The zero-order valence-corrected chi connectivity index (χ0v) is 15.3. The van der Waals surface area contributed by atoms with E-state index < -0.39 is 41.2 Å². The molecule has 0 radical (unpaired) electrons. The summed E-state index contributed by atoms with van der Waals surface area (Å²) in [6.07, 6.45) is -2.84. The molecule has 0 atom stereocenters. The normalized spacial score (nSPS) is 12.3. The molecular formula is C17H20F3N3O4. The minimum Gasteiger partial charge on any atom is -0.476 e. The third-order valence-corrected chi connectivity index (χ3v) is 3.78. The summed E-state index contributed by atoms with van der Waals surface area (Å²) in [4.78, 5) is 15.2. The first kappa shape index (κ1) is 20.7. The van der Waals surface area contributed by atoms with Gasteiger partial charge in [0.25, 0.3) is 0 Å². The SMILES string of the molecule is CCc1c(C(=O)O)nn(C(C)(C)C)c1Oc1cncc(CO)c1C(F)(F)F. The highest BCUT2D eigenvalue weighted by Gasteiger charge is 2.38. The zero-order valence-electron chi connectivity index (χ0n) is 15.3. The van der Waals surface area contributed by atoms with Gasteiger partial charge in [-0.05, 0) is 27.2 Å². The summed E-state index contributed by atoms with van der Waals surface area (Å²) >= 11 is 0. The largest absolute Gasteiger partial charge is 0.476 e. The van der Waals surface area contributed by atoms with E-state index in [9.17, 15) is 28.2 Å². The first-order chi connectivity index (χ1) is 12.4. The van der Waals surface area contributed by atoms with Crippen LogP contribution in [0.1, 0.15) is 54.9 Å². The van der Waals surface area contributed by atoms with Gasteiger partial charge in [0.05, 0.1) is 18.3 Å². The van der Waals surface area contributed by atoms with Gasteiger partial charge in [-0.2, -0.15) is 18.3 Å². The van der Waals surface area contributed by atoms with E-state index in [1.807, 2.05) is 0 Å². The fraction of sp³-hybridized carbons (Fsp3) is 0.471. The van der Waals surface area contributed by atoms with Gasteiger partial charge in [0, 0.05) is 17.3 Å². The number of aromatic nitrogens is 3. The molecule has 0 saturated heterocycles. The van der Waals surface area contributed by atoms with Gasteiger partial charge < -0.3 is 14.9 Å². The lowest BCUT2D eigenvalue weighted by Crippen LogP contribution is -2.24. The first-order valence-corrected chi connectivity index (χ1v) is 8.10. The third-order valence-electron chi connectivity index (χ3n) is 3.78. The number of carbonyl (C=O) groups is 1. The summed E-state index contributed by atoms with van der Waals surface area (Å²) in [6, 6.07) is 0. The molecule has 0 aromatic carbocycles. The van der Waals surface area contributed by atoms with Gasteiger partial charge in [-0.1, -0.05) is 6.92 Å².